The highest BCUT2D eigenvalue weighted by atomic mass is 16.3. The van der Waals surface area contributed by atoms with Crippen LogP contribution < -0.4 is 10.6 Å². The molecule has 0 aliphatic rings. The molecule has 0 aliphatic carbocycles. The smallest absolute Gasteiger partial charge is 0.191 e. The van der Waals surface area contributed by atoms with E-state index in [2.05, 4.69) is 65.0 Å². The van der Waals surface area contributed by atoms with E-state index in [1.54, 1.807) is 6.26 Å². The molecule has 4 nitrogen and oxygen atoms in total. The van der Waals surface area contributed by atoms with Crippen molar-refractivity contribution in [3.8, 4) is 0 Å². The fourth-order valence-corrected chi connectivity index (χ4v) is 2.52. The van der Waals surface area contributed by atoms with Gasteiger partial charge in [0.1, 0.15) is 5.76 Å². The summed E-state index contributed by atoms with van der Waals surface area (Å²) in [6.45, 7) is 4.13. The Morgan fingerprint density at radius 1 is 1.00 bits per heavy atom. The van der Waals surface area contributed by atoms with Crippen molar-refractivity contribution in [2.75, 3.05) is 6.54 Å². The van der Waals surface area contributed by atoms with Gasteiger partial charge in [0.25, 0.3) is 0 Å². The topological polar surface area (TPSA) is 49.6 Å². The predicted octanol–water partition coefficient (Wildman–Crippen LogP) is 3.69. The van der Waals surface area contributed by atoms with E-state index in [9.17, 15) is 0 Å². The highest BCUT2D eigenvalue weighted by Crippen LogP contribution is 2.19. The monoisotopic (exact) mass is 307 g/mol. The number of furan rings is 1. The Morgan fingerprint density at radius 3 is 2.70 bits per heavy atom. The molecule has 0 fully saturated rings. The van der Waals surface area contributed by atoms with Gasteiger partial charge in [-0.15, -0.1) is 0 Å². The number of aliphatic imine (C=N–C) groups is 1. The lowest BCUT2D eigenvalue weighted by Crippen LogP contribution is -2.36. The van der Waals surface area contributed by atoms with Crippen LogP contribution in [0.5, 0.6) is 0 Å². The molecule has 23 heavy (non-hydrogen) atoms. The largest absolute Gasteiger partial charge is 0.467 e. The second-order valence-electron chi connectivity index (χ2n) is 5.27. The third-order valence-electron chi connectivity index (χ3n) is 3.64. The Kier molecular flexibility index (Phi) is 4.94. The second-order valence-corrected chi connectivity index (χ2v) is 5.27. The van der Waals surface area contributed by atoms with Crippen LogP contribution in [0.25, 0.3) is 10.8 Å². The lowest BCUT2D eigenvalue weighted by molar-refractivity contribution is 0.501. The Hall–Kier alpha value is -2.75. The van der Waals surface area contributed by atoms with Crippen molar-refractivity contribution in [1.82, 2.24) is 10.6 Å². The SMILES string of the molecule is CCNC(=NCc1cccc2ccccc12)NCc1ccco1. The number of hydrogen-bond acceptors (Lipinski definition) is 2. The molecule has 1 aromatic heterocycles. The molecule has 0 unspecified atom stereocenters. The van der Waals surface area contributed by atoms with Crippen LogP contribution in [0.4, 0.5) is 0 Å². The summed E-state index contributed by atoms with van der Waals surface area (Å²) in [5, 5.41) is 9.04. The summed E-state index contributed by atoms with van der Waals surface area (Å²) < 4.78 is 5.34. The van der Waals surface area contributed by atoms with Crippen molar-refractivity contribution in [1.29, 1.82) is 0 Å². The molecule has 0 bridgehead atoms. The summed E-state index contributed by atoms with van der Waals surface area (Å²) in [6, 6.07) is 18.6. The van der Waals surface area contributed by atoms with E-state index in [4.69, 9.17) is 4.42 Å². The van der Waals surface area contributed by atoms with Crippen molar-refractivity contribution in [2.24, 2.45) is 4.99 Å². The van der Waals surface area contributed by atoms with Crippen LogP contribution in [0.15, 0.2) is 70.3 Å². The molecule has 2 N–H and O–H groups in total. The Labute approximate surface area is 136 Å². The molecule has 3 aromatic rings. The van der Waals surface area contributed by atoms with Crippen LogP contribution in [-0.2, 0) is 13.1 Å². The lowest BCUT2D eigenvalue weighted by Gasteiger charge is -2.11. The van der Waals surface area contributed by atoms with Gasteiger partial charge in [0.05, 0.1) is 19.4 Å². The number of benzene rings is 2. The molecule has 0 saturated heterocycles. The van der Waals surface area contributed by atoms with Gasteiger partial charge in [-0.1, -0.05) is 42.5 Å². The molecule has 0 spiro atoms. The number of fused-ring (bicyclic) bond motifs is 1. The van der Waals surface area contributed by atoms with E-state index in [1.807, 2.05) is 12.1 Å². The summed E-state index contributed by atoms with van der Waals surface area (Å²) in [7, 11) is 0. The van der Waals surface area contributed by atoms with Crippen molar-refractivity contribution in [3.63, 3.8) is 0 Å². The van der Waals surface area contributed by atoms with Gasteiger partial charge in [-0.25, -0.2) is 4.99 Å². The molecule has 0 atom stereocenters. The highest BCUT2D eigenvalue weighted by molar-refractivity contribution is 5.86. The van der Waals surface area contributed by atoms with Crippen molar-refractivity contribution < 1.29 is 4.42 Å². The quantitative estimate of drug-likeness (QED) is 0.558. The predicted molar refractivity (Wildman–Crippen MR) is 94.3 cm³/mol. The van der Waals surface area contributed by atoms with Crippen LogP contribution in [0, 0.1) is 0 Å². The molecule has 3 rings (SSSR count). The minimum Gasteiger partial charge on any atom is -0.467 e. The van der Waals surface area contributed by atoms with Crippen LogP contribution in [0.1, 0.15) is 18.2 Å². The number of guanidine groups is 1. The highest BCUT2D eigenvalue weighted by Gasteiger charge is 2.02. The summed E-state index contributed by atoms with van der Waals surface area (Å²) >= 11 is 0. The first-order chi connectivity index (χ1) is 11.4. The van der Waals surface area contributed by atoms with Gasteiger partial charge < -0.3 is 15.1 Å². The third kappa shape index (κ3) is 3.92. The van der Waals surface area contributed by atoms with Gasteiger partial charge in [-0.3, -0.25) is 0 Å². The summed E-state index contributed by atoms with van der Waals surface area (Å²) in [4.78, 5) is 4.69. The van der Waals surface area contributed by atoms with E-state index >= 15 is 0 Å². The van der Waals surface area contributed by atoms with Gasteiger partial charge in [0, 0.05) is 6.54 Å². The molecule has 0 aliphatic heterocycles. The Bertz CT molecular complexity index is 773. The van der Waals surface area contributed by atoms with Gasteiger partial charge >= 0.3 is 0 Å². The maximum absolute atomic E-state index is 5.34. The van der Waals surface area contributed by atoms with Gasteiger partial charge in [-0.2, -0.15) is 0 Å². The number of nitrogens with zero attached hydrogens (tertiary/aromatic N) is 1. The lowest BCUT2D eigenvalue weighted by atomic mass is 10.1. The summed E-state index contributed by atoms with van der Waals surface area (Å²) in [5.74, 6) is 1.68. The Balaban J connectivity index is 1.74. The second kappa shape index (κ2) is 7.49. The van der Waals surface area contributed by atoms with E-state index in [-0.39, 0.29) is 0 Å². The minimum absolute atomic E-state index is 0.619. The zero-order valence-electron chi connectivity index (χ0n) is 13.3. The molecule has 0 radical (unpaired) electrons. The van der Waals surface area contributed by atoms with E-state index < -0.39 is 0 Å². The average molecular weight is 307 g/mol. The van der Waals surface area contributed by atoms with E-state index in [0.29, 0.717) is 13.1 Å². The zero-order chi connectivity index (χ0) is 15.9. The van der Waals surface area contributed by atoms with Crippen LogP contribution in [0.2, 0.25) is 0 Å². The maximum atomic E-state index is 5.34. The van der Waals surface area contributed by atoms with Crippen LogP contribution in [0.3, 0.4) is 0 Å². The number of rotatable bonds is 5. The molecule has 2 aromatic carbocycles. The van der Waals surface area contributed by atoms with Crippen molar-refractivity contribution in [2.45, 2.75) is 20.0 Å². The minimum atomic E-state index is 0.619. The van der Waals surface area contributed by atoms with Gasteiger partial charge in [0.15, 0.2) is 5.96 Å². The standard InChI is InChI=1S/C19H21N3O/c1-2-20-19(22-14-17-10-6-12-23-17)21-13-16-9-5-8-15-7-3-4-11-18(15)16/h3-12H,2,13-14H2,1H3,(H2,20,21,22). The van der Waals surface area contributed by atoms with E-state index in [0.717, 1.165) is 18.3 Å². The van der Waals surface area contributed by atoms with Crippen LogP contribution >= 0.6 is 0 Å². The third-order valence-corrected chi connectivity index (χ3v) is 3.64. The first kappa shape index (κ1) is 15.2. The summed E-state index contributed by atoms with van der Waals surface area (Å²) in [6.07, 6.45) is 1.68. The van der Waals surface area contributed by atoms with Gasteiger partial charge in [0.2, 0.25) is 0 Å². The van der Waals surface area contributed by atoms with E-state index in [1.165, 1.54) is 16.3 Å². The van der Waals surface area contributed by atoms with Gasteiger partial charge in [-0.05, 0) is 35.4 Å². The first-order valence-corrected chi connectivity index (χ1v) is 7.88. The molecule has 0 saturated carbocycles. The molecular weight excluding hydrogens is 286 g/mol. The van der Waals surface area contributed by atoms with Crippen molar-refractivity contribution in [3.05, 3.63) is 72.2 Å². The fraction of sp³-hybridized carbons (Fsp3) is 0.211. The average Bonchev–Trinajstić information content (AvgIpc) is 3.11. The molecule has 118 valence electrons. The normalized spacial score (nSPS) is 11.6. The van der Waals surface area contributed by atoms with Crippen LogP contribution in [-0.4, -0.2) is 12.5 Å². The fourth-order valence-electron chi connectivity index (χ4n) is 2.52. The zero-order valence-corrected chi connectivity index (χ0v) is 13.3. The molecule has 1 heterocycles. The first-order valence-electron chi connectivity index (χ1n) is 7.88. The molecule has 0 amide bonds. The molecular formula is C19H21N3O. The number of nitrogens with one attached hydrogen (secondary N) is 2. The maximum Gasteiger partial charge on any atom is 0.191 e. The van der Waals surface area contributed by atoms with Crippen molar-refractivity contribution >= 4 is 16.7 Å². The molecule has 4 heteroatoms. The number of hydrogen-bond donors (Lipinski definition) is 2. The summed E-state index contributed by atoms with van der Waals surface area (Å²) in [5.41, 5.74) is 1.22. The Morgan fingerprint density at radius 2 is 1.87 bits per heavy atom.